The minimum Gasteiger partial charge on any atom is -0.444 e. The molecule has 3 N–H and O–H groups in total. The molecule has 0 spiro atoms. The summed E-state index contributed by atoms with van der Waals surface area (Å²) in [5, 5.41) is 3.35. The minimum absolute atomic E-state index is 0.189. The summed E-state index contributed by atoms with van der Waals surface area (Å²) in [6.07, 6.45) is 2.89. The minimum atomic E-state index is -0.419. The Morgan fingerprint density at radius 3 is 2.83 bits per heavy atom. The molecule has 1 rings (SSSR count). The molecule has 0 aromatic rings. The number of rotatable bonds is 5. The molecule has 1 saturated heterocycles. The summed E-state index contributed by atoms with van der Waals surface area (Å²) in [7, 11) is 0. The highest BCUT2D eigenvalue weighted by molar-refractivity contribution is 5.69. The normalized spacial score (nSPS) is 20.2. The molecular weight excluding hydrogens is 230 g/mol. The second kappa shape index (κ2) is 6.95. The van der Waals surface area contributed by atoms with Crippen molar-refractivity contribution in [1.29, 1.82) is 0 Å². The van der Waals surface area contributed by atoms with E-state index in [-0.39, 0.29) is 12.1 Å². The predicted molar refractivity (Wildman–Crippen MR) is 72.5 cm³/mol. The molecule has 1 heterocycles. The summed E-state index contributed by atoms with van der Waals surface area (Å²) in [6, 6.07) is 0.262. The van der Waals surface area contributed by atoms with E-state index in [0.717, 1.165) is 38.9 Å². The van der Waals surface area contributed by atoms with Crippen LogP contribution in [0.15, 0.2) is 0 Å². The van der Waals surface area contributed by atoms with E-state index >= 15 is 0 Å². The van der Waals surface area contributed by atoms with Gasteiger partial charge < -0.3 is 20.7 Å². The van der Waals surface area contributed by atoms with Crippen LogP contribution in [-0.2, 0) is 4.74 Å². The number of nitrogens with one attached hydrogen (secondary N) is 1. The lowest BCUT2D eigenvalue weighted by Gasteiger charge is -2.28. The van der Waals surface area contributed by atoms with Gasteiger partial charge in [0.15, 0.2) is 0 Å². The lowest BCUT2D eigenvalue weighted by atomic mass is 10.2. The van der Waals surface area contributed by atoms with Crippen LogP contribution in [0.4, 0.5) is 4.79 Å². The number of amides is 1. The average molecular weight is 257 g/mol. The SMILES string of the molecule is CC(C)(C)OC(=O)N1CCCC1CNCCCN. The van der Waals surface area contributed by atoms with Crippen molar-refractivity contribution >= 4 is 6.09 Å². The summed E-state index contributed by atoms with van der Waals surface area (Å²) in [6.45, 7) is 8.94. The van der Waals surface area contributed by atoms with E-state index in [4.69, 9.17) is 10.5 Å². The van der Waals surface area contributed by atoms with Gasteiger partial charge in [-0.1, -0.05) is 0 Å². The van der Waals surface area contributed by atoms with Crippen molar-refractivity contribution in [3.05, 3.63) is 0 Å². The lowest BCUT2D eigenvalue weighted by molar-refractivity contribution is 0.0227. The largest absolute Gasteiger partial charge is 0.444 e. The first kappa shape index (κ1) is 15.2. The van der Waals surface area contributed by atoms with E-state index in [1.54, 1.807) is 0 Å². The number of hydrogen-bond acceptors (Lipinski definition) is 4. The molecule has 0 saturated carbocycles. The molecule has 5 heteroatoms. The van der Waals surface area contributed by atoms with Gasteiger partial charge >= 0.3 is 6.09 Å². The third-order valence-corrected chi connectivity index (χ3v) is 2.94. The predicted octanol–water partition coefficient (Wildman–Crippen LogP) is 1.32. The third-order valence-electron chi connectivity index (χ3n) is 2.94. The van der Waals surface area contributed by atoms with Crippen molar-refractivity contribution < 1.29 is 9.53 Å². The van der Waals surface area contributed by atoms with Gasteiger partial charge in [0.25, 0.3) is 0 Å². The third kappa shape index (κ3) is 5.23. The van der Waals surface area contributed by atoms with Crippen LogP contribution in [0.5, 0.6) is 0 Å². The van der Waals surface area contributed by atoms with Crippen LogP contribution >= 0.6 is 0 Å². The topological polar surface area (TPSA) is 67.6 Å². The number of nitrogens with two attached hydrogens (primary N) is 1. The number of carbonyl (C=O) groups is 1. The highest BCUT2D eigenvalue weighted by Gasteiger charge is 2.31. The van der Waals surface area contributed by atoms with Gasteiger partial charge in [-0.3, -0.25) is 0 Å². The van der Waals surface area contributed by atoms with Gasteiger partial charge in [-0.2, -0.15) is 0 Å². The summed E-state index contributed by atoms with van der Waals surface area (Å²) in [5.41, 5.74) is 5.02. The number of hydrogen-bond donors (Lipinski definition) is 2. The summed E-state index contributed by atoms with van der Waals surface area (Å²) >= 11 is 0. The van der Waals surface area contributed by atoms with E-state index < -0.39 is 5.60 Å². The molecule has 1 aliphatic rings. The second-order valence-corrected chi connectivity index (χ2v) is 5.82. The van der Waals surface area contributed by atoms with Gasteiger partial charge in [-0.15, -0.1) is 0 Å². The molecule has 0 bridgehead atoms. The molecule has 0 aromatic heterocycles. The van der Waals surface area contributed by atoms with Crippen LogP contribution in [0.25, 0.3) is 0 Å². The second-order valence-electron chi connectivity index (χ2n) is 5.82. The molecule has 0 aromatic carbocycles. The van der Waals surface area contributed by atoms with Crippen LogP contribution in [0, 0.1) is 0 Å². The number of nitrogens with zero attached hydrogens (tertiary/aromatic N) is 1. The number of ether oxygens (including phenoxy) is 1. The van der Waals surface area contributed by atoms with Crippen LogP contribution < -0.4 is 11.1 Å². The molecule has 1 aliphatic heterocycles. The van der Waals surface area contributed by atoms with Crippen molar-refractivity contribution in [2.45, 2.75) is 51.7 Å². The molecule has 1 atom stereocenters. The Labute approximate surface area is 110 Å². The van der Waals surface area contributed by atoms with Gasteiger partial charge in [0.2, 0.25) is 0 Å². The van der Waals surface area contributed by atoms with Crippen LogP contribution in [0.3, 0.4) is 0 Å². The van der Waals surface area contributed by atoms with Crippen LogP contribution in [0.1, 0.15) is 40.0 Å². The fraction of sp³-hybridized carbons (Fsp3) is 0.923. The molecule has 0 radical (unpaired) electrons. The van der Waals surface area contributed by atoms with Crippen molar-refractivity contribution in [1.82, 2.24) is 10.2 Å². The quantitative estimate of drug-likeness (QED) is 0.729. The fourth-order valence-electron chi connectivity index (χ4n) is 2.10. The molecule has 5 nitrogen and oxygen atoms in total. The Kier molecular flexibility index (Phi) is 5.88. The zero-order valence-corrected chi connectivity index (χ0v) is 11.9. The van der Waals surface area contributed by atoms with E-state index in [1.165, 1.54) is 0 Å². The molecule has 0 aliphatic carbocycles. The molecule has 1 fully saturated rings. The zero-order chi connectivity index (χ0) is 13.6. The standard InChI is InChI=1S/C13H27N3O2/c1-13(2,3)18-12(17)16-9-4-6-11(16)10-15-8-5-7-14/h11,15H,4-10,14H2,1-3H3. The van der Waals surface area contributed by atoms with Crippen molar-refractivity contribution in [3.63, 3.8) is 0 Å². The zero-order valence-electron chi connectivity index (χ0n) is 11.9. The van der Waals surface area contributed by atoms with E-state index in [2.05, 4.69) is 5.32 Å². The highest BCUT2D eigenvalue weighted by Crippen LogP contribution is 2.20. The maximum Gasteiger partial charge on any atom is 0.410 e. The summed E-state index contributed by atoms with van der Waals surface area (Å²) in [5.74, 6) is 0. The van der Waals surface area contributed by atoms with Gasteiger partial charge in [0.1, 0.15) is 5.60 Å². The number of likely N-dealkylation sites (tertiary alicyclic amines) is 1. The first-order chi connectivity index (χ1) is 8.44. The number of carbonyl (C=O) groups excluding carboxylic acids is 1. The Hall–Kier alpha value is -0.810. The summed E-state index contributed by atoms with van der Waals surface area (Å²) in [4.78, 5) is 13.9. The Morgan fingerprint density at radius 1 is 1.50 bits per heavy atom. The van der Waals surface area contributed by atoms with E-state index in [0.29, 0.717) is 6.54 Å². The Bertz CT molecular complexity index is 263. The maximum atomic E-state index is 12.0. The lowest BCUT2D eigenvalue weighted by Crippen LogP contribution is -2.44. The highest BCUT2D eigenvalue weighted by atomic mass is 16.6. The van der Waals surface area contributed by atoms with Gasteiger partial charge in [-0.05, 0) is 53.1 Å². The van der Waals surface area contributed by atoms with Gasteiger partial charge in [-0.25, -0.2) is 4.79 Å². The average Bonchev–Trinajstić information content (AvgIpc) is 2.70. The molecule has 18 heavy (non-hydrogen) atoms. The Morgan fingerprint density at radius 2 is 2.22 bits per heavy atom. The fourth-order valence-corrected chi connectivity index (χ4v) is 2.10. The maximum absolute atomic E-state index is 12.0. The van der Waals surface area contributed by atoms with E-state index in [9.17, 15) is 4.79 Å². The first-order valence-corrected chi connectivity index (χ1v) is 6.84. The molecule has 1 amide bonds. The molecule has 1 unspecified atom stereocenters. The van der Waals surface area contributed by atoms with Gasteiger partial charge in [0.05, 0.1) is 0 Å². The molecular formula is C13H27N3O2. The first-order valence-electron chi connectivity index (χ1n) is 6.84. The van der Waals surface area contributed by atoms with E-state index in [1.807, 2.05) is 25.7 Å². The van der Waals surface area contributed by atoms with Gasteiger partial charge in [0, 0.05) is 19.1 Å². The van der Waals surface area contributed by atoms with Crippen LogP contribution in [0.2, 0.25) is 0 Å². The molecule has 106 valence electrons. The monoisotopic (exact) mass is 257 g/mol. The van der Waals surface area contributed by atoms with Crippen LogP contribution in [-0.4, -0.2) is 48.8 Å². The van der Waals surface area contributed by atoms with Crippen molar-refractivity contribution in [2.75, 3.05) is 26.2 Å². The smallest absolute Gasteiger partial charge is 0.410 e. The van der Waals surface area contributed by atoms with Crippen molar-refractivity contribution in [2.24, 2.45) is 5.73 Å². The summed E-state index contributed by atoms with van der Waals surface area (Å²) < 4.78 is 5.42. The Balaban J connectivity index is 2.36. The van der Waals surface area contributed by atoms with Crippen molar-refractivity contribution in [3.8, 4) is 0 Å².